The zero-order valence-electron chi connectivity index (χ0n) is 13.6. The van der Waals surface area contributed by atoms with E-state index in [0.717, 1.165) is 5.69 Å². The highest BCUT2D eigenvalue weighted by molar-refractivity contribution is 7.79. The van der Waals surface area contributed by atoms with Crippen molar-refractivity contribution < 1.29 is 9.36 Å². The summed E-state index contributed by atoms with van der Waals surface area (Å²) in [4.78, 5) is 12.4. The third-order valence-electron chi connectivity index (χ3n) is 3.83. The van der Waals surface area contributed by atoms with Crippen LogP contribution >= 0.6 is 7.14 Å². The molecule has 0 aliphatic carbocycles. The Morgan fingerprint density at radius 3 is 1.64 bits per heavy atom. The van der Waals surface area contributed by atoms with Crippen LogP contribution in [0.3, 0.4) is 0 Å². The van der Waals surface area contributed by atoms with Crippen LogP contribution in [0.1, 0.15) is 0 Å². The van der Waals surface area contributed by atoms with E-state index in [4.69, 9.17) is 0 Å². The Bertz CT molecular complexity index is 824. The fraction of sp³-hybridized carbons (Fsp3) is 0.0500. The van der Waals surface area contributed by atoms with E-state index < -0.39 is 7.14 Å². The lowest BCUT2D eigenvalue weighted by molar-refractivity contribution is -0.118. The number of benzene rings is 3. The number of hydrogen-bond acceptors (Lipinski definition) is 3. The molecule has 5 heteroatoms. The number of hydrogen-bond donors (Lipinski definition) is 2. The van der Waals surface area contributed by atoms with Crippen LogP contribution in [0.15, 0.2) is 91.0 Å². The molecule has 0 atom stereocenters. The molecule has 0 aliphatic heterocycles. The van der Waals surface area contributed by atoms with Crippen molar-refractivity contribution in [3.8, 4) is 0 Å². The highest BCUT2D eigenvalue weighted by Gasteiger charge is 2.30. The van der Waals surface area contributed by atoms with Crippen molar-refractivity contribution >= 4 is 29.3 Å². The van der Waals surface area contributed by atoms with Crippen LogP contribution in [-0.4, -0.2) is 12.1 Å². The van der Waals surface area contributed by atoms with Gasteiger partial charge in [-0.3, -0.25) is 15.6 Å². The largest absolute Gasteiger partial charge is 0.313 e. The first-order valence-electron chi connectivity index (χ1n) is 7.99. The topological polar surface area (TPSA) is 58.2 Å². The smallest absolute Gasteiger partial charge is 0.246 e. The Hall–Kier alpha value is -2.84. The Morgan fingerprint density at radius 1 is 0.720 bits per heavy atom. The summed E-state index contributed by atoms with van der Waals surface area (Å²) >= 11 is 0. The number of nitrogens with one attached hydrogen (secondary N) is 2. The molecule has 0 spiro atoms. The van der Waals surface area contributed by atoms with Crippen molar-refractivity contribution in [2.45, 2.75) is 0 Å². The van der Waals surface area contributed by atoms with Gasteiger partial charge in [-0.1, -0.05) is 78.9 Å². The number of anilines is 1. The molecule has 25 heavy (non-hydrogen) atoms. The van der Waals surface area contributed by atoms with E-state index in [1.807, 2.05) is 91.0 Å². The summed E-state index contributed by atoms with van der Waals surface area (Å²) < 4.78 is 13.7. The van der Waals surface area contributed by atoms with Crippen LogP contribution in [0.25, 0.3) is 0 Å². The van der Waals surface area contributed by atoms with Crippen molar-refractivity contribution in [2.24, 2.45) is 0 Å². The number of carbonyl (C=O) groups is 1. The Balaban J connectivity index is 1.81. The first-order chi connectivity index (χ1) is 12.2. The average Bonchev–Trinajstić information content (AvgIpc) is 2.68. The highest BCUT2D eigenvalue weighted by Crippen LogP contribution is 2.42. The first-order valence-corrected chi connectivity index (χ1v) is 9.88. The normalized spacial score (nSPS) is 10.9. The van der Waals surface area contributed by atoms with Crippen molar-refractivity contribution in [1.29, 1.82) is 0 Å². The van der Waals surface area contributed by atoms with Gasteiger partial charge in [0, 0.05) is 10.6 Å². The summed E-state index contributed by atoms with van der Waals surface area (Å²) in [5, 5.41) is 1.35. The number of para-hydroxylation sites is 1. The highest BCUT2D eigenvalue weighted by atomic mass is 31.2. The summed E-state index contributed by atoms with van der Waals surface area (Å²) in [6.45, 7) is 0. The predicted octanol–water partition coefficient (Wildman–Crippen LogP) is 3.14. The van der Waals surface area contributed by atoms with Crippen molar-refractivity contribution in [3.05, 3.63) is 91.0 Å². The minimum Gasteiger partial charge on any atom is -0.313 e. The Kier molecular flexibility index (Phi) is 5.32. The van der Waals surface area contributed by atoms with Gasteiger partial charge in [0.2, 0.25) is 5.91 Å². The van der Waals surface area contributed by atoms with Crippen molar-refractivity contribution in [1.82, 2.24) is 5.43 Å². The molecule has 0 unspecified atom stereocenters. The predicted molar refractivity (Wildman–Crippen MR) is 103 cm³/mol. The number of hydrazine groups is 1. The molecule has 0 bridgehead atoms. The number of amides is 1. The molecular formula is C20H19N2O2P. The zero-order chi connectivity index (χ0) is 17.5. The van der Waals surface area contributed by atoms with Crippen LogP contribution in [0.5, 0.6) is 0 Å². The molecule has 2 N–H and O–H groups in total. The van der Waals surface area contributed by atoms with Gasteiger partial charge in [0.1, 0.15) is 0 Å². The van der Waals surface area contributed by atoms with Gasteiger partial charge < -0.3 is 4.57 Å². The fourth-order valence-electron chi connectivity index (χ4n) is 2.57. The van der Waals surface area contributed by atoms with Gasteiger partial charge >= 0.3 is 0 Å². The maximum Gasteiger partial charge on any atom is 0.246 e. The van der Waals surface area contributed by atoms with E-state index in [1.165, 1.54) is 0 Å². The third kappa shape index (κ3) is 4.17. The monoisotopic (exact) mass is 350 g/mol. The molecule has 3 rings (SSSR count). The lowest BCUT2D eigenvalue weighted by Gasteiger charge is -2.19. The maximum absolute atomic E-state index is 13.7. The Morgan fingerprint density at radius 2 is 1.16 bits per heavy atom. The van der Waals surface area contributed by atoms with E-state index in [9.17, 15) is 9.36 Å². The minimum absolute atomic E-state index is 0.0964. The zero-order valence-corrected chi connectivity index (χ0v) is 14.5. The van der Waals surface area contributed by atoms with Crippen LogP contribution < -0.4 is 21.5 Å². The van der Waals surface area contributed by atoms with Crippen molar-refractivity contribution in [2.75, 3.05) is 11.6 Å². The molecule has 0 radical (unpaired) electrons. The second kappa shape index (κ2) is 7.82. The summed E-state index contributed by atoms with van der Waals surface area (Å²) in [5.74, 6) is -0.320. The molecule has 0 aromatic heterocycles. The van der Waals surface area contributed by atoms with E-state index in [0.29, 0.717) is 10.6 Å². The van der Waals surface area contributed by atoms with Gasteiger partial charge in [-0.25, -0.2) is 0 Å². The van der Waals surface area contributed by atoms with Gasteiger partial charge in [-0.15, -0.1) is 0 Å². The summed E-state index contributed by atoms with van der Waals surface area (Å²) in [6.07, 6.45) is -0.0964. The van der Waals surface area contributed by atoms with Crippen molar-refractivity contribution in [3.63, 3.8) is 0 Å². The van der Waals surface area contributed by atoms with E-state index >= 15 is 0 Å². The molecule has 0 fully saturated rings. The van der Waals surface area contributed by atoms with E-state index in [1.54, 1.807) is 0 Å². The SMILES string of the molecule is O=C(CP(=O)(c1ccccc1)c1ccccc1)NNc1ccccc1. The van der Waals surface area contributed by atoms with Gasteiger partial charge in [-0.05, 0) is 12.1 Å². The fourth-order valence-corrected chi connectivity index (χ4v) is 5.03. The van der Waals surface area contributed by atoms with Crippen LogP contribution in [0, 0.1) is 0 Å². The molecule has 4 nitrogen and oxygen atoms in total. The quantitative estimate of drug-likeness (QED) is 0.530. The summed E-state index contributed by atoms with van der Waals surface area (Å²) in [6, 6.07) is 27.7. The summed E-state index contributed by atoms with van der Waals surface area (Å²) in [7, 11) is -3.05. The standard InChI is InChI=1S/C20H19N2O2P/c23-20(22-21-17-10-4-1-5-11-17)16-25(24,18-12-6-2-7-13-18)19-14-8-3-9-15-19/h1-15,21H,16H2,(H,22,23). The van der Waals surface area contributed by atoms with E-state index in [-0.39, 0.29) is 12.1 Å². The molecule has 0 saturated carbocycles. The second-order valence-electron chi connectivity index (χ2n) is 5.61. The molecule has 1 amide bonds. The van der Waals surface area contributed by atoms with E-state index in [2.05, 4.69) is 10.9 Å². The van der Waals surface area contributed by atoms with Gasteiger partial charge in [0.15, 0.2) is 7.14 Å². The number of carbonyl (C=O) groups excluding carboxylic acids is 1. The molecule has 0 saturated heterocycles. The minimum atomic E-state index is -3.05. The van der Waals surface area contributed by atoms with Crippen LogP contribution in [0.4, 0.5) is 5.69 Å². The molecule has 3 aromatic carbocycles. The second-order valence-corrected chi connectivity index (χ2v) is 8.44. The third-order valence-corrected chi connectivity index (χ3v) is 6.83. The van der Waals surface area contributed by atoms with Crippen LogP contribution in [-0.2, 0) is 9.36 Å². The molecule has 3 aromatic rings. The molecule has 126 valence electrons. The molecular weight excluding hydrogens is 331 g/mol. The summed E-state index contributed by atoms with van der Waals surface area (Å²) in [5.41, 5.74) is 6.25. The lowest BCUT2D eigenvalue weighted by Crippen LogP contribution is -2.34. The Labute approximate surface area is 147 Å². The van der Waals surface area contributed by atoms with Gasteiger partial charge in [0.25, 0.3) is 0 Å². The van der Waals surface area contributed by atoms with Gasteiger partial charge in [0.05, 0.1) is 11.8 Å². The van der Waals surface area contributed by atoms with Gasteiger partial charge in [-0.2, -0.15) is 0 Å². The molecule has 0 aliphatic rings. The average molecular weight is 350 g/mol. The lowest BCUT2D eigenvalue weighted by atomic mass is 10.3. The maximum atomic E-state index is 13.7. The number of rotatable bonds is 6. The first kappa shape index (κ1) is 17.0. The van der Waals surface area contributed by atoms with Crippen LogP contribution in [0.2, 0.25) is 0 Å². The molecule has 0 heterocycles.